The molecule has 0 aliphatic carbocycles. The van der Waals surface area contributed by atoms with Gasteiger partial charge in [-0.3, -0.25) is 4.79 Å². The number of benzene rings is 2. The van der Waals surface area contributed by atoms with E-state index in [1.165, 1.54) is 12.1 Å². The first-order chi connectivity index (χ1) is 10.7. The van der Waals surface area contributed by atoms with E-state index in [-0.39, 0.29) is 11.2 Å². The quantitative estimate of drug-likeness (QED) is 0.784. The van der Waals surface area contributed by atoms with Gasteiger partial charge in [-0.25, -0.2) is 0 Å². The lowest BCUT2D eigenvalue weighted by atomic mass is 9.97. The Labute approximate surface area is 128 Å². The normalized spacial score (nSPS) is 11.0. The van der Waals surface area contributed by atoms with E-state index < -0.39 is 0 Å². The molecule has 0 radical (unpaired) electrons. The molecule has 1 heterocycles. The molecule has 3 rings (SSSR count). The van der Waals surface area contributed by atoms with Crippen LogP contribution >= 0.6 is 0 Å². The molecule has 1 aromatic heterocycles. The molecule has 1 N–H and O–H groups in total. The molecule has 2 aromatic carbocycles. The van der Waals surface area contributed by atoms with E-state index in [1.807, 2.05) is 25.1 Å². The summed E-state index contributed by atoms with van der Waals surface area (Å²) in [4.78, 5) is 12.7. The van der Waals surface area contributed by atoms with E-state index >= 15 is 0 Å². The third kappa shape index (κ3) is 2.29. The van der Waals surface area contributed by atoms with Crippen LogP contribution in [0.3, 0.4) is 0 Å². The fourth-order valence-corrected chi connectivity index (χ4v) is 2.81. The molecule has 3 aromatic rings. The average Bonchev–Trinajstić information content (AvgIpc) is 2.55. The van der Waals surface area contributed by atoms with Crippen LogP contribution in [0, 0.1) is 0 Å². The zero-order valence-corrected chi connectivity index (χ0v) is 12.7. The molecule has 3 nitrogen and oxygen atoms in total. The summed E-state index contributed by atoms with van der Waals surface area (Å²) in [6, 6.07) is 12.6. The highest BCUT2D eigenvalue weighted by atomic mass is 16.3. The Hall–Kier alpha value is -2.55. The summed E-state index contributed by atoms with van der Waals surface area (Å²) in [7, 11) is 0. The minimum absolute atomic E-state index is 0.0689. The minimum Gasteiger partial charge on any atom is -0.508 e. The first kappa shape index (κ1) is 14.4. The molecule has 22 heavy (non-hydrogen) atoms. The molecule has 0 spiro atoms. The first-order valence-corrected chi connectivity index (χ1v) is 7.52. The third-order valence-electron chi connectivity index (χ3n) is 3.96. The van der Waals surface area contributed by atoms with E-state index in [1.54, 1.807) is 6.07 Å². The maximum atomic E-state index is 12.7. The molecule has 3 heteroatoms. The Bertz CT molecular complexity index is 891. The number of phenolic OH excluding ortho intramolecular Hbond substituents is 1. The number of hydrogen-bond acceptors (Lipinski definition) is 3. The molecule has 0 saturated heterocycles. The number of hydrogen-bond donors (Lipinski definition) is 1. The van der Waals surface area contributed by atoms with Crippen molar-refractivity contribution in [1.29, 1.82) is 0 Å². The van der Waals surface area contributed by atoms with E-state index in [4.69, 9.17) is 4.42 Å². The summed E-state index contributed by atoms with van der Waals surface area (Å²) >= 11 is 0. The highest BCUT2D eigenvalue weighted by Crippen LogP contribution is 2.30. The standard InChI is InChI=1S/C19H18O3/c1-3-12-7-5-6-8-15(12)19-14(4-2)18(21)16-11-13(20)9-10-17(16)22-19/h5-11,20H,3-4H2,1-2H3. The molecule has 0 atom stereocenters. The second kappa shape index (κ2) is 5.68. The third-order valence-corrected chi connectivity index (χ3v) is 3.96. The van der Waals surface area contributed by atoms with Gasteiger partial charge in [-0.2, -0.15) is 0 Å². The van der Waals surface area contributed by atoms with Gasteiger partial charge < -0.3 is 9.52 Å². The maximum Gasteiger partial charge on any atom is 0.196 e. The van der Waals surface area contributed by atoms with Crippen LogP contribution in [0.25, 0.3) is 22.3 Å². The molecule has 0 bridgehead atoms. The van der Waals surface area contributed by atoms with Crippen LogP contribution in [0.4, 0.5) is 0 Å². The van der Waals surface area contributed by atoms with Crippen molar-refractivity contribution in [3.05, 3.63) is 63.8 Å². The lowest BCUT2D eigenvalue weighted by Crippen LogP contribution is -2.10. The Morgan fingerprint density at radius 3 is 2.55 bits per heavy atom. The van der Waals surface area contributed by atoms with Crippen LogP contribution in [-0.4, -0.2) is 5.11 Å². The SMILES string of the molecule is CCc1ccccc1-c1oc2ccc(O)cc2c(=O)c1CC. The zero-order chi connectivity index (χ0) is 15.7. The highest BCUT2D eigenvalue weighted by molar-refractivity contribution is 5.82. The van der Waals surface area contributed by atoms with Crippen LogP contribution in [0.15, 0.2) is 51.7 Å². The summed E-state index contributed by atoms with van der Waals surface area (Å²) in [5.74, 6) is 0.715. The summed E-state index contributed by atoms with van der Waals surface area (Å²) in [5.41, 5.74) is 3.20. The Morgan fingerprint density at radius 1 is 1.05 bits per heavy atom. The Balaban J connectivity index is 2.39. The largest absolute Gasteiger partial charge is 0.508 e. The zero-order valence-electron chi connectivity index (χ0n) is 12.7. The molecular formula is C19H18O3. The maximum absolute atomic E-state index is 12.7. The number of fused-ring (bicyclic) bond motifs is 1. The highest BCUT2D eigenvalue weighted by Gasteiger charge is 2.16. The van der Waals surface area contributed by atoms with Gasteiger partial charge in [-0.15, -0.1) is 0 Å². The smallest absolute Gasteiger partial charge is 0.196 e. The Morgan fingerprint density at radius 2 is 1.82 bits per heavy atom. The van der Waals surface area contributed by atoms with E-state index in [2.05, 4.69) is 13.0 Å². The summed E-state index contributed by atoms with van der Waals surface area (Å²) in [6.07, 6.45) is 1.46. The average molecular weight is 294 g/mol. The minimum atomic E-state index is -0.0689. The second-order valence-electron chi connectivity index (χ2n) is 5.28. The fourth-order valence-electron chi connectivity index (χ4n) is 2.81. The molecule has 0 amide bonds. The molecule has 0 unspecified atom stereocenters. The molecule has 112 valence electrons. The van der Waals surface area contributed by atoms with Crippen LogP contribution in [0.2, 0.25) is 0 Å². The molecule has 0 aliphatic heterocycles. The summed E-state index contributed by atoms with van der Waals surface area (Å²) in [6.45, 7) is 4.03. The van der Waals surface area contributed by atoms with E-state index in [9.17, 15) is 9.90 Å². The van der Waals surface area contributed by atoms with Crippen molar-refractivity contribution >= 4 is 11.0 Å². The topological polar surface area (TPSA) is 50.4 Å². The molecular weight excluding hydrogens is 276 g/mol. The van der Waals surface area contributed by atoms with Crippen LogP contribution in [-0.2, 0) is 12.8 Å². The van der Waals surface area contributed by atoms with Crippen LogP contribution < -0.4 is 5.43 Å². The second-order valence-corrected chi connectivity index (χ2v) is 5.28. The number of aryl methyl sites for hydroxylation is 1. The van der Waals surface area contributed by atoms with Gasteiger partial charge in [0.25, 0.3) is 0 Å². The van der Waals surface area contributed by atoms with Crippen molar-refractivity contribution in [1.82, 2.24) is 0 Å². The van der Waals surface area contributed by atoms with E-state index in [0.717, 1.165) is 17.5 Å². The monoisotopic (exact) mass is 294 g/mol. The fraction of sp³-hybridized carbons (Fsp3) is 0.211. The van der Waals surface area contributed by atoms with Gasteiger partial charge in [0.1, 0.15) is 17.1 Å². The van der Waals surface area contributed by atoms with Gasteiger partial charge in [-0.05, 0) is 36.6 Å². The summed E-state index contributed by atoms with van der Waals surface area (Å²) in [5, 5.41) is 10.0. The van der Waals surface area contributed by atoms with Crippen molar-refractivity contribution in [2.75, 3.05) is 0 Å². The van der Waals surface area contributed by atoms with Crippen molar-refractivity contribution in [2.24, 2.45) is 0 Å². The number of aromatic hydroxyl groups is 1. The van der Waals surface area contributed by atoms with Gasteiger partial charge in [0.15, 0.2) is 5.43 Å². The lowest BCUT2D eigenvalue weighted by Gasteiger charge is -2.12. The van der Waals surface area contributed by atoms with Crippen molar-refractivity contribution in [3.8, 4) is 17.1 Å². The number of rotatable bonds is 3. The molecule has 0 aliphatic rings. The van der Waals surface area contributed by atoms with Gasteiger partial charge in [0.05, 0.1) is 5.39 Å². The van der Waals surface area contributed by atoms with E-state index in [0.29, 0.717) is 28.7 Å². The predicted molar refractivity (Wildman–Crippen MR) is 88.3 cm³/mol. The van der Waals surface area contributed by atoms with Crippen LogP contribution in [0.1, 0.15) is 25.0 Å². The van der Waals surface area contributed by atoms with Crippen molar-refractivity contribution < 1.29 is 9.52 Å². The van der Waals surface area contributed by atoms with Crippen LogP contribution in [0.5, 0.6) is 5.75 Å². The molecule has 0 fully saturated rings. The number of phenols is 1. The van der Waals surface area contributed by atoms with Gasteiger partial charge in [-0.1, -0.05) is 38.1 Å². The molecule has 0 saturated carbocycles. The Kier molecular flexibility index (Phi) is 3.72. The lowest BCUT2D eigenvalue weighted by molar-refractivity contribution is 0.475. The van der Waals surface area contributed by atoms with Crippen molar-refractivity contribution in [2.45, 2.75) is 26.7 Å². The van der Waals surface area contributed by atoms with Gasteiger partial charge >= 0.3 is 0 Å². The first-order valence-electron chi connectivity index (χ1n) is 7.52. The van der Waals surface area contributed by atoms with Gasteiger partial charge in [0, 0.05) is 11.1 Å². The summed E-state index contributed by atoms with van der Waals surface area (Å²) < 4.78 is 6.04. The van der Waals surface area contributed by atoms with Crippen molar-refractivity contribution in [3.63, 3.8) is 0 Å². The predicted octanol–water partition coefficient (Wildman–Crippen LogP) is 4.29. The van der Waals surface area contributed by atoms with Gasteiger partial charge in [0.2, 0.25) is 0 Å².